The van der Waals surface area contributed by atoms with Gasteiger partial charge in [0.05, 0.1) is 19.0 Å². The average Bonchev–Trinajstić information content (AvgIpc) is 2.27. The van der Waals surface area contributed by atoms with Gasteiger partial charge in [-0.15, -0.1) is 0 Å². The van der Waals surface area contributed by atoms with Crippen molar-refractivity contribution in [2.75, 3.05) is 12.4 Å². The second-order valence-corrected chi connectivity index (χ2v) is 2.88. The number of ether oxygens (including phenoxy) is 1. The molecule has 0 saturated heterocycles. The van der Waals surface area contributed by atoms with Crippen LogP contribution >= 0.6 is 0 Å². The highest BCUT2D eigenvalue weighted by Gasteiger charge is 2.32. The maximum absolute atomic E-state index is 12.1. The molecule has 1 aromatic rings. The Bertz CT molecular complexity index is 428. The predicted octanol–water partition coefficient (Wildman–Crippen LogP) is 1.21. The van der Waals surface area contributed by atoms with Crippen molar-refractivity contribution in [2.24, 2.45) is 0 Å². The lowest BCUT2D eigenvalue weighted by Gasteiger charge is -2.06. The van der Waals surface area contributed by atoms with Gasteiger partial charge in [-0.1, -0.05) is 0 Å². The Morgan fingerprint density at radius 1 is 1.35 bits per heavy atom. The topological polar surface area (TPSA) is 68.3 Å². The zero-order chi connectivity index (χ0) is 13.1. The van der Waals surface area contributed by atoms with E-state index in [2.05, 4.69) is 9.72 Å². The third-order valence-corrected chi connectivity index (χ3v) is 1.68. The van der Waals surface area contributed by atoms with Gasteiger partial charge in [0.1, 0.15) is 5.69 Å². The van der Waals surface area contributed by atoms with Gasteiger partial charge in [-0.2, -0.15) is 13.2 Å². The van der Waals surface area contributed by atoms with E-state index in [1.54, 1.807) is 0 Å². The van der Waals surface area contributed by atoms with Crippen LogP contribution in [0.3, 0.4) is 0 Å². The minimum absolute atomic E-state index is 0.0339. The zero-order valence-electron chi connectivity index (χ0n) is 8.54. The fourth-order valence-corrected chi connectivity index (χ4v) is 0.910. The molecule has 0 fully saturated rings. The van der Waals surface area contributed by atoms with E-state index in [1.165, 1.54) is 0 Å². The normalized spacial score (nSPS) is 10.8. The highest BCUT2D eigenvalue weighted by Crippen LogP contribution is 2.27. The maximum Gasteiger partial charge on any atom is 0.433 e. The van der Waals surface area contributed by atoms with Gasteiger partial charge in [0.2, 0.25) is 0 Å². The van der Waals surface area contributed by atoms with Crippen molar-refractivity contribution >= 4 is 17.6 Å². The third kappa shape index (κ3) is 3.44. The van der Waals surface area contributed by atoms with Crippen LogP contribution in [0.2, 0.25) is 0 Å². The summed E-state index contributed by atoms with van der Waals surface area (Å²) >= 11 is 0. The second-order valence-electron chi connectivity index (χ2n) is 2.88. The quantitative estimate of drug-likeness (QED) is 0.599. The number of carbonyl (C=O) groups is 2. The molecular weight excluding hydrogens is 241 g/mol. The molecule has 0 saturated carbocycles. The lowest BCUT2D eigenvalue weighted by molar-refractivity contribution is -0.150. The number of amides is 1. The van der Waals surface area contributed by atoms with E-state index in [0.29, 0.717) is 6.07 Å². The summed E-state index contributed by atoms with van der Waals surface area (Å²) in [6.45, 7) is 0. The molecule has 0 aliphatic rings. The van der Waals surface area contributed by atoms with Crippen molar-refractivity contribution in [3.8, 4) is 0 Å². The fraction of sp³-hybridized carbons (Fsp3) is 0.222. The van der Waals surface area contributed by atoms with E-state index in [1.807, 2.05) is 5.32 Å². The Balaban J connectivity index is 2.76. The first-order valence-corrected chi connectivity index (χ1v) is 4.27. The third-order valence-electron chi connectivity index (χ3n) is 1.68. The van der Waals surface area contributed by atoms with E-state index < -0.39 is 23.7 Å². The van der Waals surface area contributed by atoms with Crippen LogP contribution in [0.5, 0.6) is 0 Å². The number of pyridine rings is 1. The molecule has 5 nitrogen and oxygen atoms in total. The maximum atomic E-state index is 12.1. The summed E-state index contributed by atoms with van der Waals surface area (Å²) in [6.07, 6.45) is -3.76. The summed E-state index contributed by atoms with van der Waals surface area (Å²) < 4.78 is 40.5. The summed E-state index contributed by atoms with van der Waals surface area (Å²) in [7, 11) is 1.01. The number of nitrogens with zero attached hydrogens (tertiary/aromatic N) is 1. The number of rotatable bonds is 1. The van der Waals surface area contributed by atoms with Crippen LogP contribution in [0.25, 0.3) is 0 Å². The molecule has 17 heavy (non-hydrogen) atoms. The second kappa shape index (κ2) is 4.81. The first-order chi connectivity index (χ1) is 7.84. The smallest absolute Gasteiger partial charge is 0.433 e. The van der Waals surface area contributed by atoms with Gasteiger partial charge in [-0.3, -0.25) is 4.79 Å². The number of aromatic nitrogens is 1. The van der Waals surface area contributed by atoms with Gasteiger partial charge in [0.25, 0.3) is 0 Å². The fourth-order valence-electron chi connectivity index (χ4n) is 0.910. The number of alkyl halides is 3. The van der Waals surface area contributed by atoms with E-state index in [9.17, 15) is 22.8 Å². The molecule has 0 aliphatic carbocycles. The highest BCUT2D eigenvalue weighted by molar-refractivity contribution is 6.37. The first-order valence-electron chi connectivity index (χ1n) is 4.27. The standard InChI is InChI=1S/C9H7F3N2O3/c1-17-8(16)7(15)14-5-2-3-6(13-4-5)9(10,11)12/h2-4H,1H3,(H,14,15). The molecular formula is C9H7F3N2O3. The summed E-state index contributed by atoms with van der Waals surface area (Å²) in [5.41, 5.74) is -1.12. The number of halogens is 3. The molecule has 8 heteroatoms. The highest BCUT2D eigenvalue weighted by atomic mass is 19.4. The van der Waals surface area contributed by atoms with E-state index >= 15 is 0 Å². The first kappa shape index (κ1) is 12.9. The van der Waals surface area contributed by atoms with Crippen molar-refractivity contribution in [2.45, 2.75) is 6.18 Å². The number of hydrogen-bond acceptors (Lipinski definition) is 4. The van der Waals surface area contributed by atoms with E-state index in [-0.39, 0.29) is 5.69 Å². The van der Waals surface area contributed by atoms with Crippen molar-refractivity contribution in [3.63, 3.8) is 0 Å². The summed E-state index contributed by atoms with van der Waals surface area (Å²) in [5, 5.41) is 2.03. The molecule has 0 aliphatic heterocycles. The van der Waals surface area contributed by atoms with Crippen LogP contribution in [0.4, 0.5) is 18.9 Å². The minimum Gasteiger partial charge on any atom is -0.462 e. The SMILES string of the molecule is COC(=O)C(=O)Nc1ccc(C(F)(F)F)nc1. The summed E-state index contributed by atoms with van der Waals surface area (Å²) in [6, 6.07) is 1.67. The van der Waals surface area contributed by atoms with Crippen LogP contribution < -0.4 is 5.32 Å². The van der Waals surface area contributed by atoms with Crippen molar-refractivity contribution in [1.29, 1.82) is 0 Å². The van der Waals surface area contributed by atoms with Gasteiger partial charge in [0.15, 0.2) is 0 Å². The van der Waals surface area contributed by atoms with Gasteiger partial charge >= 0.3 is 18.1 Å². The van der Waals surface area contributed by atoms with Gasteiger partial charge in [0, 0.05) is 0 Å². The van der Waals surface area contributed by atoms with Gasteiger partial charge in [-0.25, -0.2) is 9.78 Å². The van der Waals surface area contributed by atoms with Crippen molar-refractivity contribution in [3.05, 3.63) is 24.0 Å². The molecule has 0 aromatic carbocycles. The lowest BCUT2D eigenvalue weighted by Crippen LogP contribution is -2.24. The van der Waals surface area contributed by atoms with Crippen LogP contribution in [0, 0.1) is 0 Å². The monoisotopic (exact) mass is 248 g/mol. The molecule has 0 bridgehead atoms. The van der Waals surface area contributed by atoms with Crippen LogP contribution in [-0.4, -0.2) is 24.0 Å². The molecule has 1 amide bonds. The minimum atomic E-state index is -4.55. The average molecular weight is 248 g/mol. The number of carbonyl (C=O) groups excluding carboxylic acids is 2. The number of anilines is 1. The zero-order valence-corrected chi connectivity index (χ0v) is 8.54. The molecule has 1 N–H and O–H groups in total. The molecule has 92 valence electrons. The molecule has 0 spiro atoms. The lowest BCUT2D eigenvalue weighted by atomic mass is 10.3. The van der Waals surface area contributed by atoms with Gasteiger partial charge < -0.3 is 10.1 Å². The molecule has 0 atom stereocenters. The summed E-state index contributed by atoms with van der Waals surface area (Å²) in [4.78, 5) is 24.8. The number of methoxy groups -OCH3 is 1. The Morgan fingerprint density at radius 2 is 2.00 bits per heavy atom. The Hall–Kier alpha value is -2.12. The van der Waals surface area contributed by atoms with Crippen molar-refractivity contribution in [1.82, 2.24) is 4.98 Å². The Morgan fingerprint density at radius 3 is 2.41 bits per heavy atom. The van der Waals surface area contributed by atoms with E-state index in [4.69, 9.17) is 0 Å². The Labute approximate surface area is 93.6 Å². The number of hydrogen-bond donors (Lipinski definition) is 1. The van der Waals surface area contributed by atoms with Crippen LogP contribution in [-0.2, 0) is 20.5 Å². The number of esters is 1. The van der Waals surface area contributed by atoms with Gasteiger partial charge in [-0.05, 0) is 12.1 Å². The van der Waals surface area contributed by atoms with Crippen molar-refractivity contribution < 1.29 is 27.5 Å². The van der Waals surface area contributed by atoms with Crippen LogP contribution in [0.15, 0.2) is 18.3 Å². The largest absolute Gasteiger partial charge is 0.462 e. The molecule has 1 aromatic heterocycles. The van der Waals surface area contributed by atoms with E-state index in [0.717, 1.165) is 19.4 Å². The Kier molecular flexibility index (Phi) is 3.66. The molecule has 0 radical (unpaired) electrons. The molecule has 1 heterocycles. The number of nitrogens with one attached hydrogen (secondary N) is 1. The summed E-state index contributed by atoms with van der Waals surface area (Å²) in [5.74, 6) is -2.24. The molecule has 1 rings (SSSR count). The molecule has 0 unspecified atom stereocenters. The predicted molar refractivity (Wildman–Crippen MR) is 49.9 cm³/mol. The van der Waals surface area contributed by atoms with Crippen LogP contribution in [0.1, 0.15) is 5.69 Å².